The number of halogens is 1. The lowest BCUT2D eigenvalue weighted by atomic mass is 10.1. The molecule has 3 heteroatoms. The van der Waals surface area contributed by atoms with Crippen LogP contribution in [0.5, 0.6) is 0 Å². The van der Waals surface area contributed by atoms with Crippen LogP contribution in [0.4, 0.5) is 0 Å². The Kier molecular flexibility index (Phi) is 4.15. The first-order valence-corrected chi connectivity index (χ1v) is 5.33. The number of hydrogen-bond acceptors (Lipinski definition) is 2. The van der Waals surface area contributed by atoms with Gasteiger partial charge in [-0.25, -0.2) is 4.79 Å². The highest BCUT2D eigenvalue weighted by atomic mass is 35.5. The molecule has 82 valence electrons. The molecule has 0 aliphatic rings. The summed E-state index contributed by atoms with van der Waals surface area (Å²) in [5.74, 6) is -0.314. The average molecular weight is 227 g/mol. The normalized spacial score (nSPS) is 12.3. The molecule has 1 atom stereocenters. The van der Waals surface area contributed by atoms with Gasteiger partial charge in [-0.2, -0.15) is 0 Å². The second-order valence-corrected chi connectivity index (χ2v) is 4.42. The zero-order chi connectivity index (χ0) is 11.4. The van der Waals surface area contributed by atoms with Crippen LogP contribution >= 0.6 is 11.6 Å². The highest BCUT2D eigenvalue weighted by molar-refractivity contribution is 6.20. The van der Waals surface area contributed by atoms with Crippen molar-refractivity contribution < 1.29 is 9.53 Å². The van der Waals surface area contributed by atoms with Crippen LogP contribution in [0.15, 0.2) is 18.2 Å². The minimum Gasteiger partial charge on any atom is -0.461 e. The Morgan fingerprint density at radius 1 is 1.40 bits per heavy atom. The summed E-state index contributed by atoms with van der Waals surface area (Å²) in [5, 5.41) is -0.152. The lowest BCUT2D eigenvalue weighted by Crippen LogP contribution is -2.12. The van der Waals surface area contributed by atoms with Crippen molar-refractivity contribution in [2.24, 2.45) is 0 Å². The number of alkyl halides is 1. The lowest BCUT2D eigenvalue weighted by molar-refractivity contribution is 0.0508. The monoisotopic (exact) mass is 226 g/mol. The van der Waals surface area contributed by atoms with Gasteiger partial charge in [-0.3, -0.25) is 0 Å². The van der Waals surface area contributed by atoms with Crippen molar-refractivity contribution in [3.8, 4) is 0 Å². The van der Waals surface area contributed by atoms with Gasteiger partial charge < -0.3 is 4.74 Å². The van der Waals surface area contributed by atoms with Crippen LogP contribution in [0.3, 0.4) is 0 Å². The standard InChI is InChI=1S/C12H15ClO2/c1-8-4-5-11(6-9(8)2)12(14)15-7-10(3)13/h4-6,10H,7H2,1-3H3. The molecular weight excluding hydrogens is 212 g/mol. The maximum Gasteiger partial charge on any atom is 0.338 e. The van der Waals surface area contributed by atoms with Gasteiger partial charge in [0.2, 0.25) is 0 Å². The van der Waals surface area contributed by atoms with E-state index in [9.17, 15) is 4.79 Å². The largest absolute Gasteiger partial charge is 0.461 e. The number of benzene rings is 1. The van der Waals surface area contributed by atoms with Gasteiger partial charge in [0, 0.05) is 0 Å². The van der Waals surface area contributed by atoms with E-state index in [1.54, 1.807) is 13.0 Å². The van der Waals surface area contributed by atoms with Gasteiger partial charge in [0.25, 0.3) is 0 Å². The molecule has 0 N–H and O–H groups in total. The van der Waals surface area contributed by atoms with Gasteiger partial charge in [0.05, 0.1) is 10.9 Å². The average Bonchev–Trinajstić information content (AvgIpc) is 2.18. The maximum absolute atomic E-state index is 11.5. The highest BCUT2D eigenvalue weighted by Gasteiger charge is 2.09. The molecule has 0 aromatic heterocycles. The molecule has 0 heterocycles. The first-order valence-electron chi connectivity index (χ1n) is 4.89. The minimum absolute atomic E-state index is 0.152. The third-order valence-electron chi connectivity index (χ3n) is 2.19. The summed E-state index contributed by atoms with van der Waals surface area (Å²) in [5.41, 5.74) is 2.83. The summed E-state index contributed by atoms with van der Waals surface area (Å²) in [4.78, 5) is 11.5. The molecule has 0 saturated heterocycles. The van der Waals surface area contributed by atoms with E-state index in [-0.39, 0.29) is 18.0 Å². The first-order chi connectivity index (χ1) is 7.00. The van der Waals surface area contributed by atoms with E-state index >= 15 is 0 Å². The molecule has 0 saturated carbocycles. The van der Waals surface area contributed by atoms with Crippen LogP contribution in [0.2, 0.25) is 0 Å². The van der Waals surface area contributed by atoms with Gasteiger partial charge >= 0.3 is 5.97 Å². The molecule has 0 spiro atoms. The smallest absolute Gasteiger partial charge is 0.338 e. The van der Waals surface area contributed by atoms with E-state index in [1.165, 1.54) is 0 Å². The van der Waals surface area contributed by atoms with Crippen molar-refractivity contribution in [3.05, 3.63) is 34.9 Å². The van der Waals surface area contributed by atoms with Crippen LogP contribution in [0, 0.1) is 13.8 Å². The fraction of sp³-hybridized carbons (Fsp3) is 0.417. The van der Waals surface area contributed by atoms with Crippen molar-refractivity contribution in [1.29, 1.82) is 0 Å². The van der Waals surface area contributed by atoms with E-state index in [1.807, 2.05) is 26.0 Å². The molecule has 1 aromatic rings. The maximum atomic E-state index is 11.5. The Labute approximate surface area is 95.2 Å². The van der Waals surface area contributed by atoms with Crippen molar-refractivity contribution in [3.63, 3.8) is 0 Å². The molecule has 0 aliphatic heterocycles. The van der Waals surface area contributed by atoms with E-state index in [0.717, 1.165) is 11.1 Å². The molecule has 15 heavy (non-hydrogen) atoms. The van der Waals surface area contributed by atoms with Crippen molar-refractivity contribution in [2.75, 3.05) is 6.61 Å². The second-order valence-electron chi connectivity index (χ2n) is 3.68. The van der Waals surface area contributed by atoms with Crippen molar-refractivity contribution in [1.82, 2.24) is 0 Å². The third kappa shape index (κ3) is 3.56. The van der Waals surface area contributed by atoms with E-state index in [0.29, 0.717) is 5.56 Å². The molecule has 0 amide bonds. The third-order valence-corrected chi connectivity index (χ3v) is 2.31. The number of esters is 1. The van der Waals surface area contributed by atoms with E-state index in [4.69, 9.17) is 16.3 Å². The number of hydrogen-bond donors (Lipinski definition) is 0. The quantitative estimate of drug-likeness (QED) is 0.585. The summed E-state index contributed by atoms with van der Waals surface area (Å²) >= 11 is 5.69. The Morgan fingerprint density at radius 3 is 2.60 bits per heavy atom. The molecule has 0 aliphatic carbocycles. The first kappa shape index (κ1) is 12.1. The Hall–Kier alpha value is -1.02. The van der Waals surface area contributed by atoms with Crippen LogP contribution in [-0.2, 0) is 4.74 Å². The van der Waals surface area contributed by atoms with Crippen molar-refractivity contribution >= 4 is 17.6 Å². The SMILES string of the molecule is Cc1ccc(C(=O)OCC(C)Cl)cc1C. The summed E-state index contributed by atoms with van der Waals surface area (Å²) < 4.78 is 5.01. The van der Waals surface area contributed by atoms with Crippen molar-refractivity contribution in [2.45, 2.75) is 26.1 Å². The fourth-order valence-electron chi connectivity index (χ4n) is 1.14. The highest BCUT2D eigenvalue weighted by Crippen LogP contribution is 2.11. The Morgan fingerprint density at radius 2 is 2.07 bits per heavy atom. The number of ether oxygens (including phenoxy) is 1. The zero-order valence-corrected chi connectivity index (χ0v) is 9.97. The van der Waals surface area contributed by atoms with Crippen LogP contribution < -0.4 is 0 Å². The predicted molar refractivity (Wildman–Crippen MR) is 61.5 cm³/mol. The number of aryl methyl sites for hydroxylation is 2. The number of rotatable bonds is 3. The van der Waals surface area contributed by atoms with E-state index < -0.39 is 0 Å². The Bertz CT molecular complexity index is 359. The molecule has 1 aromatic carbocycles. The predicted octanol–water partition coefficient (Wildman–Crippen LogP) is 3.09. The summed E-state index contributed by atoms with van der Waals surface area (Å²) in [6.45, 7) is 6.00. The molecule has 2 nitrogen and oxygen atoms in total. The Balaban J connectivity index is 2.70. The van der Waals surface area contributed by atoms with E-state index in [2.05, 4.69) is 0 Å². The van der Waals surface area contributed by atoms with Crippen LogP contribution in [-0.4, -0.2) is 18.0 Å². The summed E-state index contributed by atoms with van der Waals surface area (Å²) in [6.07, 6.45) is 0. The molecule has 1 rings (SSSR count). The second kappa shape index (κ2) is 5.17. The molecular formula is C12H15ClO2. The molecule has 0 radical (unpaired) electrons. The topological polar surface area (TPSA) is 26.3 Å². The number of carbonyl (C=O) groups excluding carboxylic acids is 1. The van der Waals surface area contributed by atoms with Gasteiger partial charge in [0.15, 0.2) is 0 Å². The molecule has 0 fully saturated rings. The van der Waals surface area contributed by atoms with Gasteiger partial charge in [-0.1, -0.05) is 6.07 Å². The zero-order valence-electron chi connectivity index (χ0n) is 9.21. The summed E-state index contributed by atoms with van der Waals surface area (Å²) in [7, 11) is 0. The van der Waals surface area contributed by atoms with Gasteiger partial charge in [0.1, 0.15) is 6.61 Å². The lowest BCUT2D eigenvalue weighted by Gasteiger charge is -2.07. The van der Waals surface area contributed by atoms with Gasteiger partial charge in [-0.05, 0) is 44.0 Å². The number of carbonyl (C=O) groups is 1. The van der Waals surface area contributed by atoms with Crippen LogP contribution in [0.1, 0.15) is 28.4 Å². The fourth-order valence-corrected chi connectivity index (χ4v) is 1.21. The molecule has 1 unspecified atom stereocenters. The minimum atomic E-state index is -0.314. The van der Waals surface area contributed by atoms with Crippen LogP contribution in [0.25, 0.3) is 0 Å². The summed E-state index contributed by atoms with van der Waals surface area (Å²) in [6, 6.07) is 5.51. The van der Waals surface area contributed by atoms with Gasteiger partial charge in [-0.15, -0.1) is 11.6 Å². The molecule has 0 bridgehead atoms.